The molecule has 5 nitrogen and oxygen atoms in total. The van der Waals surface area contributed by atoms with Crippen molar-refractivity contribution in [3.8, 4) is 0 Å². The smallest absolute Gasteiger partial charge is 0.332 e. The van der Waals surface area contributed by atoms with E-state index in [1.54, 1.807) is 23.1 Å². The summed E-state index contributed by atoms with van der Waals surface area (Å²) in [4.78, 5) is 29.6. The van der Waals surface area contributed by atoms with Gasteiger partial charge in [-0.15, -0.1) is 0 Å². The van der Waals surface area contributed by atoms with Gasteiger partial charge in [-0.1, -0.05) is 41.4 Å². The quantitative estimate of drug-likeness (QED) is 0.588. The number of hydrogen-bond acceptors (Lipinski definition) is 3. The number of carbonyl (C=O) groups is 1. The van der Waals surface area contributed by atoms with Crippen molar-refractivity contribution in [3.63, 3.8) is 0 Å². The van der Waals surface area contributed by atoms with Gasteiger partial charge in [-0.05, 0) is 42.6 Å². The number of hydrogen-bond donors (Lipinski definition) is 0. The van der Waals surface area contributed by atoms with Gasteiger partial charge in [-0.25, -0.2) is 9.36 Å². The number of anilines is 1. The zero-order valence-electron chi connectivity index (χ0n) is 15.3. The Hall–Kier alpha value is -2.50. The van der Waals surface area contributed by atoms with E-state index in [2.05, 4.69) is 4.90 Å². The van der Waals surface area contributed by atoms with E-state index in [4.69, 9.17) is 23.2 Å². The van der Waals surface area contributed by atoms with E-state index in [0.717, 1.165) is 11.1 Å². The molecule has 1 amide bonds. The second-order valence-electron chi connectivity index (χ2n) is 6.94. The zero-order valence-corrected chi connectivity index (χ0v) is 16.8. The number of piperazine rings is 1. The molecule has 3 aromatic rings. The van der Waals surface area contributed by atoms with Crippen molar-refractivity contribution < 1.29 is 4.79 Å². The van der Waals surface area contributed by atoms with Gasteiger partial charge in [0.25, 0.3) is 5.56 Å². The van der Waals surface area contributed by atoms with Crippen LogP contribution in [0.25, 0.3) is 10.9 Å². The first-order valence-electron chi connectivity index (χ1n) is 9.07. The minimum atomic E-state index is -0.317. The van der Waals surface area contributed by atoms with Crippen LogP contribution >= 0.6 is 23.2 Å². The normalized spacial score (nSPS) is 17.2. The molecular weight excluding hydrogens is 397 g/mol. The average Bonchev–Trinajstić information content (AvgIpc) is 2.69. The molecule has 2 aromatic carbocycles. The van der Waals surface area contributed by atoms with Crippen LogP contribution in [-0.2, 0) is 0 Å². The van der Waals surface area contributed by atoms with Crippen LogP contribution in [0.3, 0.4) is 0 Å². The minimum Gasteiger partial charge on any atom is -0.368 e. The monoisotopic (exact) mass is 415 g/mol. The van der Waals surface area contributed by atoms with Crippen LogP contribution in [0.2, 0.25) is 10.0 Å². The van der Waals surface area contributed by atoms with Crippen LogP contribution < -0.4 is 10.5 Å². The lowest BCUT2D eigenvalue weighted by atomic mass is 10.1. The minimum absolute atomic E-state index is 0.0680. The first-order chi connectivity index (χ1) is 13.5. The van der Waals surface area contributed by atoms with Crippen molar-refractivity contribution in [2.45, 2.75) is 13.0 Å². The first-order valence-corrected chi connectivity index (χ1v) is 9.83. The lowest BCUT2D eigenvalue weighted by molar-refractivity contribution is 0.173. The summed E-state index contributed by atoms with van der Waals surface area (Å²) in [5, 5.41) is 1.88. The van der Waals surface area contributed by atoms with Gasteiger partial charge in [-0.2, -0.15) is 0 Å². The molecule has 0 spiro atoms. The number of rotatable bonds is 1. The molecule has 1 aromatic heterocycles. The summed E-state index contributed by atoms with van der Waals surface area (Å²) in [7, 11) is 0. The number of halogens is 2. The van der Waals surface area contributed by atoms with Gasteiger partial charge in [0.2, 0.25) is 0 Å². The summed E-state index contributed by atoms with van der Waals surface area (Å²) in [6.07, 6.45) is 0. The van der Waals surface area contributed by atoms with Crippen LogP contribution in [0.4, 0.5) is 10.5 Å². The van der Waals surface area contributed by atoms with Gasteiger partial charge in [0.15, 0.2) is 0 Å². The molecule has 0 saturated carbocycles. The molecule has 0 aliphatic carbocycles. The number of fused-ring (bicyclic) bond motifs is 1. The van der Waals surface area contributed by atoms with Crippen LogP contribution in [0, 0.1) is 0 Å². The summed E-state index contributed by atoms with van der Waals surface area (Å²) in [5.41, 5.74) is 1.28. The Kier molecular flexibility index (Phi) is 5.04. The molecule has 4 rings (SSSR count). The Morgan fingerprint density at radius 3 is 2.54 bits per heavy atom. The molecule has 7 heteroatoms. The molecule has 1 aliphatic heterocycles. The van der Waals surface area contributed by atoms with Gasteiger partial charge >= 0.3 is 6.03 Å². The van der Waals surface area contributed by atoms with Gasteiger partial charge in [0.05, 0.1) is 15.6 Å². The summed E-state index contributed by atoms with van der Waals surface area (Å²) in [6.45, 7) is 3.78. The van der Waals surface area contributed by atoms with Crippen molar-refractivity contribution in [1.82, 2.24) is 9.47 Å². The number of nitrogens with zero attached hydrogens (tertiary/aromatic N) is 3. The Morgan fingerprint density at radius 2 is 1.79 bits per heavy atom. The van der Waals surface area contributed by atoms with Crippen LogP contribution in [0.1, 0.15) is 6.92 Å². The number of para-hydroxylation sites is 1. The van der Waals surface area contributed by atoms with E-state index in [9.17, 15) is 9.59 Å². The number of pyridine rings is 1. The fourth-order valence-corrected chi connectivity index (χ4v) is 3.96. The fourth-order valence-electron chi connectivity index (χ4n) is 3.67. The number of amides is 1. The Bertz CT molecular complexity index is 1110. The molecule has 1 unspecified atom stereocenters. The van der Waals surface area contributed by atoms with Crippen LogP contribution in [-0.4, -0.2) is 41.2 Å². The number of carbonyl (C=O) groups excluding carboxylic acids is 1. The second-order valence-corrected chi connectivity index (χ2v) is 7.75. The molecule has 1 saturated heterocycles. The third-order valence-corrected chi connectivity index (χ3v) is 5.88. The first kappa shape index (κ1) is 18.8. The van der Waals surface area contributed by atoms with Crippen molar-refractivity contribution >= 4 is 45.8 Å². The van der Waals surface area contributed by atoms with Crippen molar-refractivity contribution in [2.24, 2.45) is 0 Å². The highest BCUT2D eigenvalue weighted by Gasteiger charge is 2.29. The molecule has 0 N–H and O–H groups in total. The highest BCUT2D eigenvalue weighted by molar-refractivity contribution is 6.42. The molecule has 28 heavy (non-hydrogen) atoms. The second kappa shape index (κ2) is 7.49. The van der Waals surface area contributed by atoms with E-state index >= 15 is 0 Å². The summed E-state index contributed by atoms with van der Waals surface area (Å²) < 4.78 is 1.26. The molecule has 144 valence electrons. The number of benzene rings is 2. The standard InChI is InChI=1S/C21H19Cl2N3O2/c1-14-13-24(16-7-8-17(22)18(23)12-16)10-11-25(14)21(28)26-19-5-3-2-4-15(19)6-9-20(26)27/h2-9,12,14H,10-11,13H2,1H3. The third kappa shape index (κ3) is 3.36. The average molecular weight is 416 g/mol. The summed E-state index contributed by atoms with van der Waals surface area (Å²) >= 11 is 12.1. The predicted molar refractivity (Wildman–Crippen MR) is 114 cm³/mol. The Morgan fingerprint density at radius 1 is 1.00 bits per heavy atom. The van der Waals surface area contributed by atoms with E-state index in [1.807, 2.05) is 37.3 Å². The van der Waals surface area contributed by atoms with Gasteiger partial charge in [0, 0.05) is 37.4 Å². The van der Waals surface area contributed by atoms with Gasteiger partial charge < -0.3 is 9.80 Å². The highest BCUT2D eigenvalue weighted by atomic mass is 35.5. The predicted octanol–water partition coefficient (Wildman–Crippen LogP) is 4.49. The largest absolute Gasteiger partial charge is 0.368 e. The highest BCUT2D eigenvalue weighted by Crippen LogP contribution is 2.28. The maximum atomic E-state index is 13.2. The molecular formula is C21H19Cl2N3O2. The maximum absolute atomic E-state index is 13.2. The third-order valence-electron chi connectivity index (χ3n) is 5.14. The lowest BCUT2D eigenvalue weighted by Gasteiger charge is -2.41. The van der Waals surface area contributed by atoms with Gasteiger partial charge in [0.1, 0.15) is 0 Å². The van der Waals surface area contributed by atoms with Gasteiger partial charge in [-0.3, -0.25) is 4.79 Å². The molecule has 1 atom stereocenters. The summed E-state index contributed by atoms with van der Waals surface area (Å²) in [5.74, 6) is 0. The summed E-state index contributed by atoms with van der Waals surface area (Å²) in [6, 6.07) is 15.8. The van der Waals surface area contributed by atoms with Crippen LogP contribution in [0.5, 0.6) is 0 Å². The van der Waals surface area contributed by atoms with E-state index < -0.39 is 0 Å². The van der Waals surface area contributed by atoms with E-state index in [0.29, 0.717) is 35.2 Å². The fraction of sp³-hybridized carbons (Fsp3) is 0.238. The zero-order chi connectivity index (χ0) is 19.8. The van der Waals surface area contributed by atoms with Crippen molar-refractivity contribution in [1.29, 1.82) is 0 Å². The topological polar surface area (TPSA) is 45.5 Å². The Labute approximate surface area is 172 Å². The van der Waals surface area contributed by atoms with E-state index in [1.165, 1.54) is 10.6 Å². The molecule has 2 heterocycles. The molecule has 1 aliphatic rings. The molecule has 0 radical (unpaired) electrons. The molecule has 1 fully saturated rings. The Balaban J connectivity index is 1.60. The molecule has 0 bridgehead atoms. The van der Waals surface area contributed by atoms with Crippen molar-refractivity contribution in [3.05, 3.63) is 75.0 Å². The number of aromatic nitrogens is 1. The SMILES string of the molecule is CC1CN(c2ccc(Cl)c(Cl)c2)CCN1C(=O)n1c(=O)ccc2ccccc21. The lowest BCUT2D eigenvalue weighted by Crippen LogP contribution is -2.56. The van der Waals surface area contributed by atoms with Crippen molar-refractivity contribution in [2.75, 3.05) is 24.5 Å². The van der Waals surface area contributed by atoms with Crippen LogP contribution in [0.15, 0.2) is 59.4 Å². The maximum Gasteiger partial charge on any atom is 0.332 e. The van der Waals surface area contributed by atoms with E-state index in [-0.39, 0.29) is 17.6 Å².